The number of hydrogen-bond acceptors (Lipinski definition) is 16. The van der Waals surface area contributed by atoms with Gasteiger partial charge in [0.15, 0.2) is 30.4 Å². The number of aliphatic hydroxyl groups is 2. The van der Waals surface area contributed by atoms with Gasteiger partial charge in [-0.15, -0.1) is 0 Å². The number of cyclic esters (lactones) is 1. The molecule has 0 spiro atoms. The quantitative estimate of drug-likeness (QED) is 0.209. The Balaban J connectivity index is 1.52. The third-order valence-electron chi connectivity index (χ3n) is 14.1. The Hall–Kier alpha value is -3.13. The molecule has 17 heteroatoms. The molecule has 1 aromatic carbocycles. The van der Waals surface area contributed by atoms with Crippen molar-refractivity contribution in [3.63, 3.8) is 0 Å². The number of ether oxygens (including phenoxy) is 9. The number of fused-ring (bicyclic) bond motifs is 1. The number of amides is 1. The fourth-order valence-corrected chi connectivity index (χ4v) is 10.5. The highest BCUT2D eigenvalue weighted by atomic mass is 16.8. The van der Waals surface area contributed by atoms with Crippen molar-refractivity contribution in [2.45, 2.75) is 192 Å². The fourth-order valence-electron chi connectivity index (χ4n) is 10.5. The summed E-state index contributed by atoms with van der Waals surface area (Å²) < 4.78 is 56.6. The number of nitrogens with zero attached hydrogens (tertiary/aromatic N) is 2. The van der Waals surface area contributed by atoms with Crippen LogP contribution in [0.1, 0.15) is 100 Å². The maximum absolute atomic E-state index is 14.7. The number of likely N-dealkylation sites (N-methyl/N-ethyl adjacent to an activating group) is 2. The molecule has 4 saturated heterocycles. The zero-order valence-electron chi connectivity index (χ0n) is 40.5. The van der Waals surface area contributed by atoms with Gasteiger partial charge in [0, 0.05) is 44.6 Å². The number of hydrogen-bond donors (Lipinski definition) is 3. The molecule has 0 bridgehead atoms. The third-order valence-corrected chi connectivity index (χ3v) is 14.1. The maximum atomic E-state index is 14.7. The minimum absolute atomic E-state index is 0.0791. The number of esters is 1. The second-order valence-electron chi connectivity index (χ2n) is 19.8. The van der Waals surface area contributed by atoms with E-state index in [1.807, 2.05) is 103 Å². The second kappa shape index (κ2) is 21.2. The first kappa shape index (κ1) is 51.8. The number of aliphatic hydroxyl groups excluding tert-OH is 1. The summed E-state index contributed by atoms with van der Waals surface area (Å²) in [5, 5.41) is 27.3. The maximum Gasteiger partial charge on any atom is 0.509 e. The summed E-state index contributed by atoms with van der Waals surface area (Å²) in [6.07, 6.45) is -9.28. The molecule has 0 radical (unpaired) electrons. The molecule has 64 heavy (non-hydrogen) atoms. The molecule has 5 rings (SSSR count). The Morgan fingerprint density at radius 3 is 2.27 bits per heavy atom. The molecular weight excluding hydrogens is 831 g/mol. The first-order chi connectivity index (χ1) is 29.9. The molecule has 0 aliphatic carbocycles. The van der Waals surface area contributed by atoms with E-state index in [1.54, 1.807) is 27.7 Å². The molecule has 3 N–H and O–H groups in total. The molecule has 17 nitrogen and oxygen atoms in total. The molecule has 1 amide bonds. The summed E-state index contributed by atoms with van der Waals surface area (Å²) >= 11 is 0. The molecule has 4 aliphatic rings. The van der Waals surface area contributed by atoms with Crippen molar-refractivity contribution in [2.24, 2.45) is 17.8 Å². The van der Waals surface area contributed by atoms with Gasteiger partial charge < -0.3 is 63.1 Å². The first-order valence-corrected chi connectivity index (χ1v) is 23.0. The minimum Gasteiger partial charge on any atom is -0.458 e. The summed E-state index contributed by atoms with van der Waals surface area (Å²) in [6, 6.07) is 8.79. The van der Waals surface area contributed by atoms with Gasteiger partial charge in [-0.2, -0.15) is 0 Å². The van der Waals surface area contributed by atoms with Crippen LogP contribution in [0, 0.1) is 17.8 Å². The minimum atomic E-state index is -1.59. The lowest BCUT2D eigenvalue weighted by atomic mass is 9.77. The predicted molar refractivity (Wildman–Crippen MR) is 235 cm³/mol. The van der Waals surface area contributed by atoms with Gasteiger partial charge >= 0.3 is 18.2 Å². The van der Waals surface area contributed by atoms with Crippen molar-refractivity contribution in [2.75, 3.05) is 34.8 Å². The molecule has 4 fully saturated rings. The summed E-state index contributed by atoms with van der Waals surface area (Å²) in [6.45, 7) is 19.0. The number of carbonyl (C=O) groups is 3. The van der Waals surface area contributed by atoms with Gasteiger partial charge in [0.25, 0.3) is 0 Å². The van der Waals surface area contributed by atoms with E-state index in [9.17, 15) is 24.6 Å². The predicted octanol–water partition coefficient (Wildman–Crippen LogP) is 5.02. The average molecular weight is 908 g/mol. The van der Waals surface area contributed by atoms with E-state index in [0.717, 1.165) is 5.56 Å². The Bertz CT molecular complexity index is 1710. The lowest BCUT2D eigenvalue weighted by molar-refractivity contribution is -0.317. The lowest BCUT2D eigenvalue weighted by Gasteiger charge is -2.49. The van der Waals surface area contributed by atoms with Crippen molar-refractivity contribution < 1.29 is 67.2 Å². The highest BCUT2D eigenvalue weighted by molar-refractivity contribution is 5.73. The van der Waals surface area contributed by atoms with E-state index in [1.165, 1.54) is 7.11 Å². The number of benzene rings is 1. The van der Waals surface area contributed by atoms with Gasteiger partial charge in [0.05, 0.1) is 35.9 Å². The van der Waals surface area contributed by atoms with E-state index >= 15 is 0 Å². The zero-order valence-corrected chi connectivity index (χ0v) is 40.5. The molecule has 1 aromatic rings. The summed E-state index contributed by atoms with van der Waals surface area (Å²) in [5.41, 5.74) is -3.14. The smallest absolute Gasteiger partial charge is 0.458 e. The molecular formula is C47H77N3O14. The zero-order chi connectivity index (χ0) is 47.5. The van der Waals surface area contributed by atoms with Crippen molar-refractivity contribution >= 4 is 18.2 Å². The fraction of sp³-hybridized carbons (Fsp3) is 0.809. The molecule has 4 aliphatic heterocycles. The van der Waals surface area contributed by atoms with E-state index in [-0.39, 0.29) is 43.5 Å². The highest BCUT2D eigenvalue weighted by Crippen LogP contribution is 2.42. The topological polar surface area (TPSA) is 193 Å². The van der Waals surface area contributed by atoms with Gasteiger partial charge in [-0.1, -0.05) is 51.1 Å². The molecule has 0 aromatic heterocycles. The largest absolute Gasteiger partial charge is 0.509 e. The number of nitrogens with one attached hydrogen (secondary N) is 1. The van der Waals surface area contributed by atoms with Crippen molar-refractivity contribution in [1.82, 2.24) is 15.1 Å². The van der Waals surface area contributed by atoms with Crippen LogP contribution in [0.3, 0.4) is 0 Å². The number of alkyl carbamates (subject to hydrolysis) is 1. The molecule has 18 atom stereocenters. The van der Waals surface area contributed by atoms with Crippen molar-refractivity contribution in [3.05, 3.63) is 35.9 Å². The van der Waals surface area contributed by atoms with Crippen LogP contribution in [0.4, 0.5) is 9.59 Å². The van der Waals surface area contributed by atoms with Crippen LogP contribution in [-0.2, 0) is 54.0 Å². The second-order valence-corrected chi connectivity index (χ2v) is 19.8. The average Bonchev–Trinajstić information content (AvgIpc) is 3.54. The molecule has 0 unspecified atom stereocenters. The van der Waals surface area contributed by atoms with E-state index < -0.39 is 102 Å². The third kappa shape index (κ3) is 11.7. The van der Waals surface area contributed by atoms with Crippen molar-refractivity contribution in [3.8, 4) is 0 Å². The SMILES string of the molecule is CC[C@H]1OC(=O)[C@H](C)[C@@H](O[C@H]2C[C@@](C)(OC)[C@@H](OC(=O)NCc3ccccc3)[C@H](C)O2)[C@H](C)[C@@H](O[C@@H]2O[C@H](C)C[C@H](N(C)C)[C@H]2O)[C@](C)(O)C[C@@H](C)CN(C)[C@H](C)[C@H]2OC(=O)O[C@@]21C. The van der Waals surface area contributed by atoms with E-state index in [0.29, 0.717) is 19.4 Å². The molecule has 4 heterocycles. The summed E-state index contributed by atoms with van der Waals surface area (Å²) in [5.74, 6) is -2.63. The number of rotatable bonds is 10. The van der Waals surface area contributed by atoms with Crippen LogP contribution in [0.25, 0.3) is 0 Å². The monoisotopic (exact) mass is 908 g/mol. The summed E-state index contributed by atoms with van der Waals surface area (Å²) in [7, 11) is 7.21. The van der Waals surface area contributed by atoms with Crippen LogP contribution in [-0.4, -0.2) is 163 Å². The van der Waals surface area contributed by atoms with E-state index in [4.69, 9.17) is 42.6 Å². The van der Waals surface area contributed by atoms with Crippen LogP contribution in [0.5, 0.6) is 0 Å². The highest BCUT2D eigenvalue weighted by Gasteiger charge is 2.58. The van der Waals surface area contributed by atoms with Gasteiger partial charge in [-0.05, 0) is 100 Å². The van der Waals surface area contributed by atoms with Crippen LogP contribution in [0.15, 0.2) is 30.3 Å². The lowest BCUT2D eigenvalue weighted by Crippen LogP contribution is -2.61. The van der Waals surface area contributed by atoms with Gasteiger partial charge in [-0.3, -0.25) is 9.69 Å². The van der Waals surface area contributed by atoms with E-state index in [2.05, 4.69) is 5.32 Å². The van der Waals surface area contributed by atoms with Gasteiger partial charge in [0.2, 0.25) is 0 Å². The van der Waals surface area contributed by atoms with Crippen LogP contribution in [0.2, 0.25) is 0 Å². The number of carbonyl (C=O) groups excluding carboxylic acids is 3. The Morgan fingerprint density at radius 2 is 1.64 bits per heavy atom. The standard InChI is InChI=1S/C47H77N3O14/c1-15-34-47(10)39(63-44(54)64-47)30(6)50(13)25-26(2)22-45(8,55)38(61-42-36(51)33(49(11)12)21-27(3)57-42)28(4)37(29(5)41(52)59-34)60-35-23-46(9,56-14)40(31(7)58-35)62-43(53)48-24-32-19-17-16-18-20-32/h16-20,26-31,33-40,42,51,55H,15,21-25H2,1-14H3,(H,48,53)/t26-,27-,28+,29-,30-,31+,33+,34-,35+,36-,37+,38-,39-,40+,42+,45-,46-,47-/m1/s1. The van der Waals surface area contributed by atoms with Gasteiger partial charge in [0.1, 0.15) is 17.8 Å². The number of methoxy groups -OCH3 is 1. The van der Waals surface area contributed by atoms with Gasteiger partial charge in [-0.25, -0.2) is 9.59 Å². The molecule has 0 saturated carbocycles. The Morgan fingerprint density at radius 1 is 0.969 bits per heavy atom. The van der Waals surface area contributed by atoms with Crippen LogP contribution >= 0.6 is 0 Å². The summed E-state index contributed by atoms with van der Waals surface area (Å²) in [4.78, 5) is 44.7. The Labute approximate surface area is 380 Å². The van der Waals surface area contributed by atoms with Crippen LogP contribution < -0.4 is 5.32 Å². The Kier molecular flexibility index (Phi) is 17.2. The molecule has 364 valence electrons. The normalized spacial score (nSPS) is 42.9. The first-order valence-electron chi connectivity index (χ1n) is 23.0. The van der Waals surface area contributed by atoms with Crippen molar-refractivity contribution in [1.29, 1.82) is 0 Å².